The fourth-order valence-electron chi connectivity index (χ4n) is 5.24. The molecule has 0 aliphatic carbocycles. The molecule has 8 heteroatoms. The second-order valence-corrected chi connectivity index (χ2v) is 9.25. The highest BCUT2D eigenvalue weighted by Crippen LogP contribution is 2.39. The van der Waals surface area contributed by atoms with Gasteiger partial charge in [-0.1, -0.05) is 31.2 Å². The summed E-state index contributed by atoms with van der Waals surface area (Å²) in [5, 5.41) is 17.2. The Balaban J connectivity index is 1.41. The summed E-state index contributed by atoms with van der Waals surface area (Å²) < 4.78 is 1.87. The minimum Gasteiger partial charge on any atom is -0.545 e. The number of pyridine rings is 1. The molecule has 2 aliphatic heterocycles. The van der Waals surface area contributed by atoms with Crippen molar-refractivity contribution < 1.29 is 14.7 Å². The number of carbonyl (C=O) groups is 2. The van der Waals surface area contributed by atoms with Crippen LogP contribution in [0.4, 0.5) is 21.9 Å². The summed E-state index contributed by atoms with van der Waals surface area (Å²) in [6.45, 7) is 4.08. The smallest absolute Gasteiger partial charge is 0.323 e. The maximum atomic E-state index is 12.8. The molecule has 180 valence electrons. The first-order valence-electron chi connectivity index (χ1n) is 11.9. The molecule has 2 N–H and O–H groups in total. The van der Waals surface area contributed by atoms with Crippen LogP contribution in [0.2, 0.25) is 0 Å². The molecule has 0 spiro atoms. The van der Waals surface area contributed by atoms with E-state index in [1.54, 1.807) is 18.2 Å². The molecule has 0 radical (unpaired) electrons. The summed E-state index contributed by atoms with van der Waals surface area (Å²) in [4.78, 5) is 38.8. The lowest BCUT2D eigenvalue weighted by Crippen LogP contribution is -2.47. The summed E-state index contributed by atoms with van der Waals surface area (Å²) in [6, 6.07) is 17.2. The van der Waals surface area contributed by atoms with E-state index in [9.17, 15) is 19.5 Å². The lowest BCUT2D eigenvalue weighted by molar-refractivity contribution is -0.255. The van der Waals surface area contributed by atoms with E-state index in [1.165, 1.54) is 17.7 Å². The second-order valence-electron chi connectivity index (χ2n) is 9.25. The Morgan fingerprint density at radius 3 is 2.54 bits per heavy atom. The highest BCUT2D eigenvalue weighted by molar-refractivity contribution is 6.03. The van der Waals surface area contributed by atoms with Crippen molar-refractivity contribution in [3.63, 3.8) is 0 Å². The molecular formula is C27H27N4O4-. The van der Waals surface area contributed by atoms with Crippen molar-refractivity contribution in [1.29, 1.82) is 0 Å². The average molecular weight is 472 g/mol. The van der Waals surface area contributed by atoms with E-state index >= 15 is 0 Å². The van der Waals surface area contributed by atoms with Gasteiger partial charge in [0, 0.05) is 43.0 Å². The Hall–Kier alpha value is -4.07. The molecule has 2 amide bonds. The van der Waals surface area contributed by atoms with Crippen LogP contribution in [-0.4, -0.2) is 29.7 Å². The minimum absolute atomic E-state index is 0.00884. The third-order valence-corrected chi connectivity index (χ3v) is 6.92. The SMILES string of the molecule is CCc1ccc(NC(=O)Nc2cc(C(=O)[O-])ccc2N2CC3CC(C2)c2cccc(=O)n2C3)cc1. The molecular weight excluding hydrogens is 444 g/mol. The van der Waals surface area contributed by atoms with Crippen molar-refractivity contribution in [3.8, 4) is 0 Å². The molecule has 5 rings (SSSR count). The predicted octanol–water partition coefficient (Wildman–Crippen LogP) is 3.04. The molecule has 0 saturated carbocycles. The first-order chi connectivity index (χ1) is 16.9. The van der Waals surface area contributed by atoms with Crippen LogP contribution < -0.4 is 26.2 Å². The van der Waals surface area contributed by atoms with Crippen molar-refractivity contribution in [2.45, 2.75) is 32.2 Å². The van der Waals surface area contributed by atoms with Crippen molar-refractivity contribution >= 4 is 29.1 Å². The Kier molecular flexibility index (Phi) is 6.03. The van der Waals surface area contributed by atoms with Gasteiger partial charge in [0.1, 0.15) is 0 Å². The number of benzene rings is 2. The maximum absolute atomic E-state index is 12.8. The highest BCUT2D eigenvalue weighted by atomic mass is 16.4. The summed E-state index contributed by atoms with van der Waals surface area (Å²) in [7, 11) is 0. The summed E-state index contributed by atoms with van der Waals surface area (Å²) in [5.41, 5.74) is 3.99. The van der Waals surface area contributed by atoms with E-state index in [1.807, 2.05) is 34.9 Å². The number of hydrogen-bond acceptors (Lipinski definition) is 5. The van der Waals surface area contributed by atoms with Gasteiger partial charge in [-0.05, 0) is 60.2 Å². The topological polar surface area (TPSA) is 106 Å². The van der Waals surface area contributed by atoms with Gasteiger partial charge in [0.05, 0.1) is 17.3 Å². The van der Waals surface area contributed by atoms with Crippen LogP contribution in [0.5, 0.6) is 0 Å². The molecule has 3 aromatic rings. The zero-order valence-corrected chi connectivity index (χ0v) is 19.5. The minimum atomic E-state index is -1.31. The van der Waals surface area contributed by atoms with Gasteiger partial charge in [0.2, 0.25) is 0 Å². The first-order valence-corrected chi connectivity index (χ1v) is 11.9. The molecule has 1 saturated heterocycles. The first kappa shape index (κ1) is 22.7. The molecule has 2 atom stereocenters. The molecule has 2 aromatic carbocycles. The number of hydrogen-bond donors (Lipinski definition) is 2. The molecule has 1 aromatic heterocycles. The summed E-state index contributed by atoms with van der Waals surface area (Å²) in [5.74, 6) is -0.851. The zero-order valence-electron chi connectivity index (χ0n) is 19.5. The van der Waals surface area contributed by atoms with Gasteiger partial charge in [-0.25, -0.2) is 4.79 Å². The standard InChI is InChI=1S/C27H28N4O4/c1-2-17-6-9-21(10-7-17)28-27(35)29-22-13-19(26(33)34)8-11-24(22)30-14-18-12-20(16-30)23-4-3-5-25(32)31(23)15-18/h3-11,13,18,20H,2,12,14-16H2,1H3,(H,33,34)(H2,28,29,35)/p-1. The highest BCUT2D eigenvalue weighted by Gasteiger charge is 2.35. The van der Waals surface area contributed by atoms with Gasteiger partial charge in [0.25, 0.3) is 5.56 Å². The number of rotatable bonds is 5. The van der Waals surface area contributed by atoms with Gasteiger partial charge >= 0.3 is 6.03 Å². The van der Waals surface area contributed by atoms with Crippen LogP contribution in [0.25, 0.3) is 0 Å². The van der Waals surface area contributed by atoms with Gasteiger partial charge in [-0.3, -0.25) is 4.79 Å². The van der Waals surface area contributed by atoms with E-state index in [-0.39, 0.29) is 23.0 Å². The molecule has 2 unspecified atom stereocenters. The number of amides is 2. The zero-order chi connectivity index (χ0) is 24.5. The Bertz CT molecular complexity index is 1330. The van der Waals surface area contributed by atoms with Crippen LogP contribution in [0, 0.1) is 5.92 Å². The third kappa shape index (κ3) is 4.64. The van der Waals surface area contributed by atoms with E-state index < -0.39 is 12.0 Å². The number of nitrogens with one attached hydrogen (secondary N) is 2. The van der Waals surface area contributed by atoms with Crippen LogP contribution in [-0.2, 0) is 13.0 Å². The number of carbonyl (C=O) groups excluding carboxylic acids is 2. The number of urea groups is 1. The summed E-state index contributed by atoms with van der Waals surface area (Å²) in [6.07, 6.45) is 1.90. The Morgan fingerprint density at radius 1 is 1.00 bits per heavy atom. The maximum Gasteiger partial charge on any atom is 0.323 e. The third-order valence-electron chi connectivity index (χ3n) is 6.92. The van der Waals surface area contributed by atoms with Crippen molar-refractivity contribution in [2.24, 2.45) is 5.92 Å². The van der Waals surface area contributed by atoms with Gasteiger partial charge < -0.3 is 30.0 Å². The molecule has 1 fully saturated rings. The van der Waals surface area contributed by atoms with E-state index in [0.717, 1.165) is 24.2 Å². The van der Waals surface area contributed by atoms with Crippen LogP contribution >= 0.6 is 0 Å². The number of aromatic carboxylic acids is 1. The van der Waals surface area contributed by atoms with Crippen LogP contribution in [0.3, 0.4) is 0 Å². The Morgan fingerprint density at radius 2 is 1.80 bits per heavy atom. The fourth-order valence-corrected chi connectivity index (χ4v) is 5.24. The van der Waals surface area contributed by atoms with E-state index in [4.69, 9.17) is 0 Å². The number of nitrogens with zero attached hydrogens (tertiary/aromatic N) is 2. The molecule has 8 nitrogen and oxygen atoms in total. The monoisotopic (exact) mass is 471 g/mol. The average Bonchev–Trinajstić information content (AvgIpc) is 2.85. The number of carboxylic acids is 1. The second kappa shape index (κ2) is 9.29. The van der Waals surface area contributed by atoms with Crippen LogP contribution in [0.1, 0.15) is 40.9 Å². The number of aryl methyl sites for hydroxylation is 1. The van der Waals surface area contributed by atoms with Gasteiger partial charge in [-0.2, -0.15) is 0 Å². The summed E-state index contributed by atoms with van der Waals surface area (Å²) >= 11 is 0. The lowest BCUT2D eigenvalue weighted by Gasteiger charge is -2.44. The van der Waals surface area contributed by atoms with Crippen molar-refractivity contribution in [1.82, 2.24) is 4.57 Å². The van der Waals surface area contributed by atoms with Gasteiger partial charge in [-0.15, -0.1) is 0 Å². The fraction of sp³-hybridized carbons (Fsp3) is 0.296. The number of piperidine rings is 1. The normalized spacial score (nSPS) is 18.5. The van der Waals surface area contributed by atoms with Crippen molar-refractivity contribution in [3.05, 3.63) is 87.8 Å². The van der Waals surface area contributed by atoms with E-state index in [2.05, 4.69) is 22.5 Å². The van der Waals surface area contributed by atoms with Crippen LogP contribution in [0.15, 0.2) is 65.5 Å². The number of fused-ring (bicyclic) bond motifs is 4. The molecule has 2 aliphatic rings. The largest absolute Gasteiger partial charge is 0.545 e. The number of carboxylic acid groups (broad SMARTS) is 1. The Labute approximate surface area is 203 Å². The molecule has 35 heavy (non-hydrogen) atoms. The van der Waals surface area contributed by atoms with E-state index in [0.29, 0.717) is 31.0 Å². The molecule has 2 bridgehead atoms. The number of anilines is 3. The van der Waals surface area contributed by atoms with Gasteiger partial charge in [0.15, 0.2) is 0 Å². The van der Waals surface area contributed by atoms with Crippen molar-refractivity contribution in [2.75, 3.05) is 28.6 Å². The predicted molar refractivity (Wildman–Crippen MR) is 133 cm³/mol. The number of aromatic nitrogens is 1. The lowest BCUT2D eigenvalue weighted by atomic mass is 9.83. The quantitative estimate of drug-likeness (QED) is 0.595. The molecule has 3 heterocycles.